The van der Waals surface area contributed by atoms with Gasteiger partial charge in [0, 0.05) is 23.8 Å². The molecule has 0 aromatic carbocycles. The van der Waals surface area contributed by atoms with E-state index in [4.69, 9.17) is 4.74 Å². The van der Waals surface area contributed by atoms with E-state index < -0.39 is 0 Å². The number of hydrogen-bond acceptors (Lipinski definition) is 5. The van der Waals surface area contributed by atoms with Gasteiger partial charge in [0.1, 0.15) is 4.88 Å². The number of carbonyl (C=O) groups excluding carboxylic acids is 1. The Morgan fingerprint density at radius 2 is 2.15 bits per heavy atom. The fourth-order valence-corrected chi connectivity index (χ4v) is 2.88. The summed E-state index contributed by atoms with van der Waals surface area (Å²) < 4.78 is 4.85. The topological polar surface area (TPSA) is 51.2 Å². The number of thiophene rings is 1. The Hall–Kier alpha value is -1.88. The lowest BCUT2D eigenvalue weighted by Crippen LogP contribution is -2.06. The van der Waals surface area contributed by atoms with Crippen LogP contribution in [0, 0.1) is 0 Å². The zero-order valence-corrected chi connectivity index (χ0v) is 12.5. The quantitative estimate of drug-likeness (QED) is 0.649. The summed E-state index contributed by atoms with van der Waals surface area (Å²) in [5.41, 5.74) is 1.90. The summed E-state index contributed by atoms with van der Waals surface area (Å²) in [5, 5.41) is 3.31. The van der Waals surface area contributed by atoms with Crippen molar-refractivity contribution in [2.45, 2.75) is 19.8 Å². The average molecular weight is 290 g/mol. The molecule has 4 nitrogen and oxygen atoms in total. The van der Waals surface area contributed by atoms with Crippen LogP contribution in [0.2, 0.25) is 0 Å². The molecule has 0 radical (unpaired) electrons. The number of unbranched alkanes of at least 4 members (excludes halogenated alkanes) is 1. The van der Waals surface area contributed by atoms with E-state index in [-0.39, 0.29) is 5.97 Å². The van der Waals surface area contributed by atoms with E-state index in [2.05, 4.69) is 17.2 Å². The molecule has 0 spiro atoms. The van der Waals surface area contributed by atoms with Gasteiger partial charge in [-0.3, -0.25) is 4.98 Å². The van der Waals surface area contributed by atoms with Gasteiger partial charge in [-0.25, -0.2) is 4.79 Å². The van der Waals surface area contributed by atoms with Crippen LogP contribution in [0.25, 0.3) is 10.4 Å². The second kappa shape index (κ2) is 7.05. The molecule has 0 saturated heterocycles. The number of hydrogen-bond donors (Lipinski definition) is 1. The second-order valence-corrected chi connectivity index (χ2v) is 5.41. The standard InChI is InChI=1S/C15H18N2O2S/c1-3-4-7-17-12-10-13(11-5-8-16-9-6-11)20-14(12)15(18)19-2/h5-6,8-10,17H,3-4,7H2,1-2H3. The van der Waals surface area contributed by atoms with Gasteiger partial charge in [-0.05, 0) is 30.2 Å². The van der Waals surface area contributed by atoms with Crippen molar-refractivity contribution in [1.29, 1.82) is 0 Å². The normalized spacial score (nSPS) is 10.3. The van der Waals surface area contributed by atoms with E-state index in [0.717, 1.165) is 35.5 Å². The Balaban J connectivity index is 2.29. The lowest BCUT2D eigenvalue weighted by molar-refractivity contribution is 0.0607. The third-order valence-corrected chi connectivity index (χ3v) is 4.08. The number of methoxy groups -OCH3 is 1. The summed E-state index contributed by atoms with van der Waals surface area (Å²) in [6.45, 7) is 2.99. The molecule has 0 bridgehead atoms. The molecule has 0 aliphatic rings. The van der Waals surface area contributed by atoms with Gasteiger partial charge in [-0.15, -0.1) is 11.3 Å². The Labute approximate surface area is 122 Å². The van der Waals surface area contributed by atoms with Crippen molar-refractivity contribution in [2.24, 2.45) is 0 Å². The summed E-state index contributed by atoms with van der Waals surface area (Å²) in [5.74, 6) is -0.297. The van der Waals surface area contributed by atoms with Gasteiger partial charge in [0.15, 0.2) is 0 Å². The van der Waals surface area contributed by atoms with Gasteiger partial charge in [-0.2, -0.15) is 0 Å². The van der Waals surface area contributed by atoms with Gasteiger partial charge in [-0.1, -0.05) is 13.3 Å². The van der Waals surface area contributed by atoms with Gasteiger partial charge < -0.3 is 10.1 Å². The van der Waals surface area contributed by atoms with Crippen molar-refractivity contribution in [3.63, 3.8) is 0 Å². The average Bonchev–Trinajstić information content (AvgIpc) is 2.92. The van der Waals surface area contributed by atoms with Gasteiger partial charge in [0.25, 0.3) is 0 Å². The SMILES string of the molecule is CCCCNc1cc(-c2ccncc2)sc1C(=O)OC. The second-order valence-electron chi connectivity index (χ2n) is 4.36. The predicted octanol–water partition coefficient (Wildman–Crippen LogP) is 3.81. The van der Waals surface area contributed by atoms with E-state index in [1.54, 1.807) is 12.4 Å². The fraction of sp³-hybridized carbons (Fsp3) is 0.333. The molecular weight excluding hydrogens is 272 g/mol. The molecule has 0 aliphatic heterocycles. The molecule has 0 saturated carbocycles. The van der Waals surface area contributed by atoms with Crippen LogP contribution in [0.3, 0.4) is 0 Å². The molecule has 20 heavy (non-hydrogen) atoms. The van der Waals surface area contributed by atoms with Crippen LogP contribution in [0.4, 0.5) is 5.69 Å². The molecular formula is C15H18N2O2S. The first-order valence-electron chi connectivity index (χ1n) is 6.62. The minimum Gasteiger partial charge on any atom is -0.465 e. The summed E-state index contributed by atoms with van der Waals surface area (Å²) >= 11 is 1.44. The van der Waals surface area contributed by atoms with Crippen LogP contribution >= 0.6 is 11.3 Å². The maximum Gasteiger partial charge on any atom is 0.350 e. The highest BCUT2D eigenvalue weighted by atomic mass is 32.1. The molecule has 106 valence electrons. The third-order valence-electron chi connectivity index (χ3n) is 2.91. The summed E-state index contributed by atoms with van der Waals surface area (Å²) in [4.78, 5) is 17.5. The zero-order chi connectivity index (χ0) is 14.4. The van der Waals surface area contributed by atoms with Crippen LogP contribution in [0.15, 0.2) is 30.6 Å². The first-order chi connectivity index (χ1) is 9.76. The minimum atomic E-state index is -0.297. The van der Waals surface area contributed by atoms with Crippen LogP contribution < -0.4 is 5.32 Å². The highest BCUT2D eigenvalue weighted by Crippen LogP contribution is 2.35. The van der Waals surface area contributed by atoms with E-state index in [1.165, 1.54) is 18.4 Å². The molecule has 1 N–H and O–H groups in total. The zero-order valence-electron chi connectivity index (χ0n) is 11.7. The van der Waals surface area contributed by atoms with Crippen molar-refractivity contribution < 1.29 is 9.53 Å². The fourth-order valence-electron chi connectivity index (χ4n) is 1.82. The van der Waals surface area contributed by atoms with Crippen LogP contribution in [-0.4, -0.2) is 24.6 Å². The first-order valence-corrected chi connectivity index (χ1v) is 7.44. The molecule has 5 heteroatoms. The molecule has 0 amide bonds. The van der Waals surface area contributed by atoms with Crippen LogP contribution in [0.5, 0.6) is 0 Å². The number of anilines is 1. The first kappa shape index (κ1) is 14.5. The number of aromatic nitrogens is 1. The monoisotopic (exact) mass is 290 g/mol. The predicted molar refractivity (Wildman–Crippen MR) is 82.3 cm³/mol. The van der Waals surface area contributed by atoms with Crippen molar-refractivity contribution in [1.82, 2.24) is 4.98 Å². The number of pyridine rings is 1. The molecule has 2 aromatic rings. The maximum absolute atomic E-state index is 11.8. The van der Waals surface area contributed by atoms with Crippen LogP contribution in [-0.2, 0) is 4.74 Å². The number of rotatable bonds is 6. The van der Waals surface area contributed by atoms with Gasteiger partial charge in [0.2, 0.25) is 0 Å². The van der Waals surface area contributed by atoms with E-state index >= 15 is 0 Å². The van der Waals surface area contributed by atoms with Crippen molar-refractivity contribution in [3.05, 3.63) is 35.5 Å². The van der Waals surface area contributed by atoms with Gasteiger partial charge in [0.05, 0.1) is 12.8 Å². The van der Waals surface area contributed by atoms with Crippen LogP contribution in [0.1, 0.15) is 29.4 Å². The molecule has 2 rings (SSSR count). The van der Waals surface area contributed by atoms with E-state index in [9.17, 15) is 4.79 Å². The third kappa shape index (κ3) is 3.36. The van der Waals surface area contributed by atoms with Gasteiger partial charge >= 0.3 is 5.97 Å². The maximum atomic E-state index is 11.8. The summed E-state index contributed by atoms with van der Waals surface area (Å²) in [6.07, 6.45) is 5.68. The lowest BCUT2D eigenvalue weighted by atomic mass is 10.2. The number of ether oxygens (including phenoxy) is 1. The number of esters is 1. The molecule has 0 aliphatic carbocycles. The van der Waals surface area contributed by atoms with E-state index in [0.29, 0.717) is 4.88 Å². The smallest absolute Gasteiger partial charge is 0.350 e. The Bertz CT molecular complexity index is 567. The van der Waals surface area contributed by atoms with Crippen molar-refractivity contribution >= 4 is 23.0 Å². The minimum absolute atomic E-state index is 0.297. The molecule has 2 aromatic heterocycles. The van der Waals surface area contributed by atoms with Crippen molar-refractivity contribution in [2.75, 3.05) is 19.0 Å². The summed E-state index contributed by atoms with van der Waals surface area (Å²) in [7, 11) is 1.41. The highest BCUT2D eigenvalue weighted by Gasteiger charge is 2.17. The lowest BCUT2D eigenvalue weighted by Gasteiger charge is -2.04. The molecule has 0 atom stereocenters. The highest BCUT2D eigenvalue weighted by molar-refractivity contribution is 7.18. The van der Waals surface area contributed by atoms with E-state index in [1.807, 2.05) is 18.2 Å². The Morgan fingerprint density at radius 1 is 1.40 bits per heavy atom. The summed E-state index contributed by atoms with van der Waals surface area (Å²) in [6, 6.07) is 5.87. The molecule has 2 heterocycles. The van der Waals surface area contributed by atoms with Crippen molar-refractivity contribution in [3.8, 4) is 10.4 Å². The molecule has 0 fully saturated rings. The Kier molecular flexibility index (Phi) is 5.12. The Morgan fingerprint density at radius 3 is 2.80 bits per heavy atom. The molecule has 0 unspecified atom stereocenters. The number of carbonyl (C=O) groups is 1. The number of nitrogens with zero attached hydrogens (tertiary/aromatic N) is 1. The largest absolute Gasteiger partial charge is 0.465 e. The number of nitrogens with one attached hydrogen (secondary N) is 1.